The van der Waals surface area contributed by atoms with Gasteiger partial charge >= 0.3 is 0 Å². The number of aryl methyl sites for hydroxylation is 2. The Morgan fingerprint density at radius 3 is 2.44 bits per heavy atom. The average Bonchev–Trinajstić information content (AvgIpc) is 2.98. The molecule has 3 rings (SSSR count). The van der Waals surface area contributed by atoms with E-state index in [9.17, 15) is 4.79 Å². The first kappa shape index (κ1) is 19.2. The molecular weight excluding hydrogens is 354 g/mol. The van der Waals surface area contributed by atoms with Crippen molar-refractivity contribution in [2.45, 2.75) is 31.8 Å². The SMILES string of the molecule is CSc1cccc(CN(C)C(=O)c2ccc(Cn3nc(C)cc3C)cc2)c1. The highest BCUT2D eigenvalue weighted by molar-refractivity contribution is 7.98. The molecule has 1 aromatic heterocycles. The summed E-state index contributed by atoms with van der Waals surface area (Å²) in [6.45, 7) is 5.36. The van der Waals surface area contributed by atoms with E-state index >= 15 is 0 Å². The van der Waals surface area contributed by atoms with Crippen molar-refractivity contribution in [3.8, 4) is 0 Å². The average molecular weight is 380 g/mol. The number of carbonyl (C=O) groups is 1. The Bertz CT molecular complexity index is 931. The number of thioether (sulfide) groups is 1. The highest BCUT2D eigenvalue weighted by Gasteiger charge is 2.12. The van der Waals surface area contributed by atoms with Crippen molar-refractivity contribution in [1.29, 1.82) is 0 Å². The quantitative estimate of drug-likeness (QED) is 0.590. The van der Waals surface area contributed by atoms with Crippen molar-refractivity contribution in [3.63, 3.8) is 0 Å². The van der Waals surface area contributed by atoms with Gasteiger partial charge in [-0.1, -0.05) is 24.3 Å². The number of rotatable bonds is 6. The molecule has 4 nitrogen and oxygen atoms in total. The van der Waals surface area contributed by atoms with Crippen molar-refractivity contribution in [2.24, 2.45) is 0 Å². The molecule has 0 saturated heterocycles. The maximum Gasteiger partial charge on any atom is 0.253 e. The van der Waals surface area contributed by atoms with Crippen LogP contribution in [0, 0.1) is 13.8 Å². The molecule has 0 spiro atoms. The van der Waals surface area contributed by atoms with Gasteiger partial charge in [-0.25, -0.2) is 0 Å². The monoisotopic (exact) mass is 379 g/mol. The van der Waals surface area contributed by atoms with E-state index in [1.165, 1.54) is 4.90 Å². The molecule has 0 radical (unpaired) electrons. The summed E-state index contributed by atoms with van der Waals surface area (Å²) in [5, 5.41) is 4.49. The fourth-order valence-corrected chi connectivity index (χ4v) is 3.58. The van der Waals surface area contributed by atoms with E-state index in [-0.39, 0.29) is 5.91 Å². The first-order valence-electron chi connectivity index (χ1n) is 8.94. The van der Waals surface area contributed by atoms with Gasteiger partial charge in [-0.05, 0) is 61.6 Å². The molecule has 1 amide bonds. The highest BCUT2D eigenvalue weighted by atomic mass is 32.2. The van der Waals surface area contributed by atoms with Crippen molar-refractivity contribution in [1.82, 2.24) is 14.7 Å². The Morgan fingerprint density at radius 1 is 1.07 bits per heavy atom. The Labute approximate surface area is 165 Å². The largest absolute Gasteiger partial charge is 0.337 e. The van der Waals surface area contributed by atoms with Gasteiger partial charge in [0.05, 0.1) is 12.2 Å². The van der Waals surface area contributed by atoms with Gasteiger partial charge in [0.25, 0.3) is 5.91 Å². The van der Waals surface area contributed by atoms with E-state index in [1.54, 1.807) is 16.7 Å². The molecule has 0 fully saturated rings. The van der Waals surface area contributed by atoms with Crippen LogP contribution in [-0.2, 0) is 13.1 Å². The summed E-state index contributed by atoms with van der Waals surface area (Å²) in [6, 6.07) is 18.2. The zero-order chi connectivity index (χ0) is 19.4. The number of nitrogens with zero attached hydrogens (tertiary/aromatic N) is 3. The maximum atomic E-state index is 12.7. The van der Waals surface area contributed by atoms with Crippen LogP contribution >= 0.6 is 11.8 Å². The van der Waals surface area contributed by atoms with Crippen molar-refractivity contribution in [2.75, 3.05) is 13.3 Å². The van der Waals surface area contributed by atoms with Gasteiger partial charge in [0.2, 0.25) is 0 Å². The molecule has 0 bridgehead atoms. The van der Waals surface area contributed by atoms with Gasteiger partial charge in [0, 0.05) is 29.7 Å². The molecule has 0 aliphatic rings. The van der Waals surface area contributed by atoms with Crippen LogP contribution in [0.25, 0.3) is 0 Å². The van der Waals surface area contributed by atoms with Crippen LogP contribution in [-0.4, -0.2) is 33.9 Å². The smallest absolute Gasteiger partial charge is 0.253 e. The summed E-state index contributed by atoms with van der Waals surface area (Å²) < 4.78 is 1.98. The van der Waals surface area contributed by atoms with E-state index in [0.29, 0.717) is 18.7 Å². The van der Waals surface area contributed by atoms with E-state index in [1.807, 2.05) is 49.0 Å². The van der Waals surface area contributed by atoms with E-state index in [4.69, 9.17) is 0 Å². The Balaban J connectivity index is 1.66. The second-order valence-electron chi connectivity index (χ2n) is 6.79. The summed E-state index contributed by atoms with van der Waals surface area (Å²) in [5.74, 6) is 0.0298. The molecule has 27 heavy (non-hydrogen) atoms. The normalized spacial score (nSPS) is 10.8. The zero-order valence-electron chi connectivity index (χ0n) is 16.3. The molecule has 5 heteroatoms. The molecule has 0 saturated carbocycles. The van der Waals surface area contributed by atoms with Crippen LogP contribution in [0.1, 0.15) is 32.9 Å². The summed E-state index contributed by atoms with van der Waals surface area (Å²) in [6.07, 6.45) is 2.06. The minimum absolute atomic E-state index is 0.0298. The van der Waals surface area contributed by atoms with E-state index in [0.717, 1.165) is 22.5 Å². The molecule has 2 aromatic carbocycles. The van der Waals surface area contributed by atoms with Crippen molar-refractivity contribution in [3.05, 3.63) is 82.7 Å². The van der Waals surface area contributed by atoms with Gasteiger partial charge in [-0.3, -0.25) is 9.48 Å². The second-order valence-corrected chi connectivity index (χ2v) is 7.67. The van der Waals surface area contributed by atoms with Crippen LogP contribution in [0.5, 0.6) is 0 Å². The number of carbonyl (C=O) groups excluding carboxylic acids is 1. The lowest BCUT2D eigenvalue weighted by Crippen LogP contribution is -2.26. The summed E-state index contributed by atoms with van der Waals surface area (Å²) >= 11 is 1.71. The van der Waals surface area contributed by atoms with Gasteiger partial charge < -0.3 is 4.90 Å². The fourth-order valence-electron chi connectivity index (χ4n) is 3.10. The Hall–Kier alpha value is -2.53. The molecule has 0 N–H and O–H groups in total. The number of amides is 1. The summed E-state index contributed by atoms with van der Waals surface area (Å²) in [4.78, 5) is 15.7. The van der Waals surface area contributed by atoms with Gasteiger partial charge in [0.1, 0.15) is 0 Å². The maximum absolute atomic E-state index is 12.7. The lowest BCUT2D eigenvalue weighted by atomic mass is 10.1. The molecule has 3 aromatic rings. The third kappa shape index (κ3) is 4.80. The molecule has 0 atom stereocenters. The van der Waals surface area contributed by atoms with Crippen molar-refractivity contribution >= 4 is 17.7 Å². The first-order chi connectivity index (χ1) is 13.0. The first-order valence-corrected chi connectivity index (χ1v) is 10.2. The Kier molecular flexibility index (Phi) is 6.01. The zero-order valence-corrected chi connectivity index (χ0v) is 17.1. The number of aromatic nitrogens is 2. The number of benzene rings is 2. The van der Waals surface area contributed by atoms with Crippen LogP contribution in [0.15, 0.2) is 59.5 Å². The number of hydrogen-bond acceptors (Lipinski definition) is 3. The van der Waals surface area contributed by atoms with Crippen LogP contribution in [0.3, 0.4) is 0 Å². The minimum atomic E-state index is 0.0298. The van der Waals surface area contributed by atoms with Gasteiger partial charge in [-0.2, -0.15) is 5.10 Å². The lowest BCUT2D eigenvalue weighted by Gasteiger charge is -2.18. The van der Waals surface area contributed by atoms with Crippen LogP contribution < -0.4 is 0 Å². The van der Waals surface area contributed by atoms with Gasteiger partial charge in [-0.15, -0.1) is 11.8 Å². The molecule has 140 valence electrons. The van der Waals surface area contributed by atoms with E-state index in [2.05, 4.69) is 42.5 Å². The van der Waals surface area contributed by atoms with Crippen LogP contribution in [0.2, 0.25) is 0 Å². The second kappa shape index (κ2) is 8.44. The molecular formula is C22H25N3OS. The number of hydrogen-bond donors (Lipinski definition) is 0. The summed E-state index contributed by atoms with van der Waals surface area (Å²) in [7, 11) is 1.85. The van der Waals surface area contributed by atoms with Crippen molar-refractivity contribution < 1.29 is 4.79 Å². The molecule has 1 heterocycles. The predicted octanol–water partition coefficient (Wildman–Crippen LogP) is 4.54. The molecule has 0 aliphatic heterocycles. The molecule has 0 unspecified atom stereocenters. The fraction of sp³-hybridized carbons (Fsp3) is 0.273. The third-order valence-electron chi connectivity index (χ3n) is 4.54. The van der Waals surface area contributed by atoms with Gasteiger partial charge in [0.15, 0.2) is 0 Å². The third-order valence-corrected chi connectivity index (χ3v) is 5.26. The Morgan fingerprint density at radius 2 is 1.81 bits per heavy atom. The summed E-state index contributed by atoms with van der Waals surface area (Å²) in [5.41, 5.74) is 5.13. The lowest BCUT2D eigenvalue weighted by molar-refractivity contribution is 0.0785. The predicted molar refractivity (Wildman–Crippen MR) is 111 cm³/mol. The topological polar surface area (TPSA) is 38.1 Å². The van der Waals surface area contributed by atoms with E-state index < -0.39 is 0 Å². The van der Waals surface area contributed by atoms with Crippen LogP contribution in [0.4, 0.5) is 0 Å². The molecule has 0 aliphatic carbocycles. The highest BCUT2D eigenvalue weighted by Crippen LogP contribution is 2.17. The standard InChI is InChI=1S/C22H25N3OS/c1-16-12-17(2)25(23-16)15-18-8-10-20(11-9-18)22(26)24(3)14-19-6-5-7-21(13-19)27-4/h5-13H,14-15H2,1-4H3. The minimum Gasteiger partial charge on any atom is -0.337 e.